The fourth-order valence-corrected chi connectivity index (χ4v) is 2.20. The quantitative estimate of drug-likeness (QED) is 0.750. The van der Waals surface area contributed by atoms with Gasteiger partial charge in [0.2, 0.25) is 5.89 Å². The Morgan fingerprint density at radius 2 is 2.00 bits per heavy atom. The Morgan fingerprint density at radius 3 is 2.67 bits per heavy atom. The maximum atomic E-state index is 11.9. The molecule has 0 fully saturated rings. The second-order valence-electron chi connectivity index (χ2n) is 6.47. The van der Waals surface area contributed by atoms with Gasteiger partial charge in [0, 0.05) is 24.6 Å². The molecule has 6 heteroatoms. The van der Waals surface area contributed by atoms with E-state index in [4.69, 9.17) is 4.52 Å². The molecule has 1 heterocycles. The van der Waals surface area contributed by atoms with Gasteiger partial charge in [0.15, 0.2) is 5.82 Å². The molecule has 2 N–H and O–H groups in total. The molecule has 0 saturated carbocycles. The maximum absolute atomic E-state index is 11.9. The standard InChI is InChI=1S/C18H26N4O2/c1-12(2)14-7-5-8-15(11-14)20-18(23)19-10-6-9-16-21-17(13(3)4)22-24-16/h5,7-8,11-13H,6,9-10H2,1-4H3,(H2,19,20,23). The minimum absolute atomic E-state index is 0.204. The number of hydrogen-bond acceptors (Lipinski definition) is 4. The third kappa shape index (κ3) is 5.37. The van der Waals surface area contributed by atoms with Gasteiger partial charge in [-0.1, -0.05) is 45.0 Å². The molecule has 0 spiro atoms. The Morgan fingerprint density at radius 1 is 1.21 bits per heavy atom. The zero-order valence-corrected chi connectivity index (χ0v) is 14.8. The van der Waals surface area contributed by atoms with Crippen LogP contribution in [0.3, 0.4) is 0 Å². The highest BCUT2D eigenvalue weighted by atomic mass is 16.5. The Labute approximate surface area is 143 Å². The fraction of sp³-hybridized carbons (Fsp3) is 0.500. The third-order valence-electron chi connectivity index (χ3n) is 3.66. The van der Waals surface area contributed by atoms with Gasteiger partial charge in [-0.05, 0) is 30.0 Å². The lowest BCUT2D eigenvalue weighted by atomic mass is 10.0. The van der Waals surface area contributed by atoms with Crippen molar-refractivity contribution in [1.82, 2.24) is 15.5 Å². The summed E-state index contributed by atoms with van der Waals surface area (Å²) in [7, 11) is 0. The van der Waals surface area contributed by atoms with Crippen LogP contribution in [0.2, 0.25) is 0 Å². The minimum Gasteiger partial charge on any atom is -0.339 e. The van der Waals surface area contributed by atoms with E-state index in [2.05, 4.69) is 40.7 Å². The van der Waals surface area contributed by atoms with Gasteiger partial charge in [-0.15, -0.1) is 0 Å². The number of carbonyl (C=O) groups excluding carboxylic acids is 1. The molecule has 1 aromatic heterocycles. The normalized spacial score (nSPS) is 11.1. The molecular formula is C18H26N4O2. The Balaban J connectivity index is 1.72. The first kappa shape index (κ1) is 18.0. The van der Waals surface area contributed by atoms with Crippen LogP contribution in [0.5, 0.6) is 0 Å². The zero-order chi connectivity index (χ0) is 17.5. The minimum atomic E-state index is -0.204. The number of aromatic nitrogens is 2. The summed E-state index contributed by atoms with van der Waals surface area (Å²) >= 11 is 0. The number of rotatable bonds is 7. The van der Waals surface area contributed by atoms with E-state index in [-0.39, 0.29) is 11.9 Å². The van der Waals surface area contributed by atoms with Gasteiger partial charge in [-0.2, -0.15) is 4.98 Å². The van der Waals surface area contributed by atoms with Gasteiger partial charge >= 0.3 is 6.03 Å². The molecule has 0 saturated heterocycles. The van der Waals surface area contributed by atoms with Gasteiger partial charge in [0.25, 0.3) is 0 Å². The Bertz CT molecular complexity index is 665. The van der Waals surface area contributed by atoms with Crippen molar-refractivity contribution in [1.29, 1.82) is 0 Å². The van der Waals surface area contributed by atoms with Gasteiger partial charge in [-0.25, -0.2) is 4.79 Å². The van der Waals surface area contributed by atoms with Crippen LogP contribution in [0.25, 0.3) is 0 Å². The summed E-state index contributed by atoms with van der Waals surface area (Å²) in [4.78, 5) is 16.2. The number of hydrogen-bond donors (Lipinski definition) is 2. The largest absolute Gasteiger partial charge is 0.339 e. The van der Waals surface area contributed by atoms with E-state index in [0.717, 1.165) is 17.9 Å². The van der Waals surface area contributed by atoms with E-state index in [1.807, 2.05) is 32.0 Å². The molecule has 0 unspecified atom stereocenters. The number of nitrogens with one attached hydrogen (secondary N) is 2. The molecule has 1 aromatic carbocycles. The molecule has 0 radical (unpaired) electrons. The zero-order valence-electron chi connectivity index (χ0n) is 14.8. The Kier molecular flexibility index (Phi) is 6.35. The highest BCUT2D eigenvalue weighted by Crippen LogP contribution is 2.18. The fourth-order valence-electron chi connectivity index (χ4n) is 2.20. The second-order valence-corrected chi connectivity index (χ2v) is 6.47. The number of nitrogens with zero attached hydrogens (tertiary/aromatic N) is 2. The van der Waals surface area contributed by atoms with E-state index >= 15 is 0 Å². The molecule has 24 heavy (non-hydrogen) atoms. The molecular weight excluding hydrogens is 304 g/mol. The van der Waals surface area contributed by atoms with Crippen LogP contribution in [0.1, 0.15) is 63.2 Å². The number of amides is 2. The van der Waals surface area contributed by atoms with Crippen molar-refractivity contribution >= 4 is 11.7 Å². The van der Waals surface area contributed by atoms with Crippen LogP contribution in [-0.2, 0) is 6.42 Å². The van der Waals surface area contributed by atoms with E-state index in [1.165, 1.54) is 5.56 Å². The van der Waals surface area contributed by atoms with Crippen molar-refractivity contribution in [2.45, 2.75) is 52.4 Å². The van der Waals surface area contributed by atoms with Gasteiger partial charge in [-0.3, -0.25) is 0 Å². The topological polar surface area (TPSA) is 80.0 Å². The van der Waals surface area contributed by atoms with E-state index < -0.39 is 0 Å². The summed E-state index contributed by atoms with van der Waals surface area (Å²) in [5.74, 6) is 2.03. The molecule has 130 valence electrons. The molecule has 0 aliphatic rings. The van der Waals surface area contributed by atoms with Crippen LogP contribution in [-0.4, -0.2) is 22.7 Å². The molecule has 2 amide bonds. The highest BCUT2D eigenvalue weighted by Gasteiger charge is 2.09. The first-order chi connectivity index (χ1) is 11.5. The number of urea groups is 1. The monoisotopic (exact) mass is 330 g/mol. The smallest absolute Gasteiger partial charge is 0.319 e. The summed E-state index contributed by atoms with van der Waals surface area (Å²) < 4.78 is 5.17. The average Bonchev–Trinajstić information content (AvgIpc) is 3.01. The van der Waals surface area contributed by atoms with Gasteiger partial charge in [0.05, 0.1) is 0 Å². The molecule has 6 nitrogen and oxygen atoms in total. The van der Waals surface area contributed by atoms with E-state index in [9.17, 15) is 4.79 Å². The SMILES string of the molecule is CC(C)c1cccc(NC(=O)NCCCc2nc(C(C)C)no2)c1. The predicted octanol–water partition coefficient (Wildman–Crippen LogP) is 4.07. The van der Waals surface area contributed by atoms with Crippen molar-refractivity contribution in [3.63, 3.8) is 0 Å². The summed E-state index contributed by atoms with van der Waals surface area (Å²) in [6, 6.07) is 7.69. The van der Waals surface area contributed by atoms with Crippen LogP contribution in [0.4, 0.5) is 10.5 Å². The van der Waals surface area contributed by atoms with E-state index in [1.54, 1.807) is 0 Å². The van der Waals surface area contributed by atoms with Gasteiger partial charge in [0.1, 0.15) is 0 Å². The van der Waals surface area contributed by atoms with Crippen LogP contribution >= 0.6 is 0 Å². The number of aryl methyl sites for hydroxylation is 1. The van der Waals surface area contributed by atoms with Crippen LogP contribution in [0.15, 0.2) is 28.8 Å². The number of carbonyl (C=O) groups is 1. The summed E-state index contributed by atoms with van der Waals surface area (Å²) in [5, 5.41) is 9.62. The van der Waals surface area contributed by atoms with Crippen molar-refractivity contribution in [3.05, 3.63) is 41.5 Å². The van der Waals surface area contributed by atoms with Crippen molar-refractivity contribution in [2.75, 3.05) is 11.9 Å². The first-order valence-electron chi connectivity index (χ1n) is 8.43. The lowest BCUT2D eigenvalue weighted by Gasteiger charge is -2.10. The lowest BCUT2D eigenvalue weighted by Crippen LogP contribution is -2.29. The molecule has 2 rings (SSSR count). The van der Waals surface area contributed by atoms with Gasteiger partial charge < -0.3 is 15.2 Å². The van der Waals surface area contributed by atoms with Crippen molar-refractivity contribution in [2.24, 2.45) is 0 Å². The third-order valence-corrected chi connectivity index (χ3v) is 3.66. The molecule has 0 aliphatic heterocycles. The van der Waals surface area contributed by atoms with Crippen molar-refractivity contribution in [3.8, 4) is 0 Å². The lowest BCUT2D eigenvalue weighted by molar-refractivity contribution is 0.252. The highest BCUT2D eigenvalue weighted by molar-refractivity contribution is 5.89. The van der Waals surface area contributed by atoms with Crippen LogP contribution in [0, 0.1) is 0 Å². The molecule has 0 aliphatic carbocycles. The summed E-state index contributed by atoms with van der Waals surface area (Å²) in [6.07, 6.45) is 1.40. The molecule has 0 atom stereocenters. The number of benzene rings is 1. The van der Waals surface area contributed by atoms with Crippen molar-refractivity contribution < 1.29 is 9.32 Å². The maximum Gasteiger partial charge on any atom is 0.319 e. The van der Waals surface area contributed by atoms with Crippen LogP contribution < -0.4 is 10.6 Å². The molecule has 2 aromatic rings. The second kappa shape index (κ2) is 8.47. The predicted molar refractivity (Wildman–Crippen MR) is 94.3 cm³/mol. The summed E-state index contributed by atoms with van der Waals surface area (Å²) in [6.45, 7) is 8.85. The summed E-state index contributed by atoms with van der Waals surface area (Å²) in [5.41, 5.74) is 2.00. The average molecular weight is 330 g/mol. The first-order valence-corrected chi connectivity index (χ1v) is 8.43. The van der Waals surface area contributed by atoms with E-state index in [0.29, 0.717) is 24.8 Å². The number of anilines is 1. The Hall–Kier alpha value is -2.37. The molecule has 0 bridgehead atoms.